The summed E-state index contributed by atoms with van der Waals surface area (Å²) in [5.74, 6) is -0.226. The van der Waals surface area contributed by atoms with E-state index in [0.717, 1.165) is 51.5 Å². The number of nitrogens with zero attached hydrogens (tertiary/aromatic N) is 1. The minimum absolute atomic E-state index is 0.0175. The van der Waals surface area contributed by atoms with Crippen LogP contribution in [0.2, 0.25) is 0 Å². The Hall–Kier alpha value is -0.860. The summed E-state index contributed by atoms with van der Waals surface area (Å²) in [4.78, 5) is 27.1. The average Bonchev–Trinajstić information content (AvgIpc) is 2.58. The van der Waals surface area contributed by atoms with Crippen LogP contribution in [-0.4, -0.2) is 29.2 Å². The molecule has 1 amide bonds. The summed E-state index contributed by atoms with van der Waals surface area (Å²) in [6, 6.07) is 0.325. The summed E-state index contributed by atoms with van der Waals surface area (Å²) in [5, 5.41) is 0. The number of unbranched alkanes of at least 4 members (excludes halogenated alkanes) is 3. The number of hydrogen-bond acceptors (Lipinski definition) is 2. The first-order chi connectivity index (χ1) is 10.7. The lowest BCUT2D eigenvalue weighted by atomic mass is 9.85. The number of ketones is 1. The summed E-state index contributed by atoms with van der Waals surface area (Å²) in [7, 11) is 0. The van der Waals surface area contributed by atoms with E-state index >= 15 is 0 Å². The van der Waals surface area contributed by atoms with Gasteiger partial charge in [0.25, 0.3) is 5.91 Å². The molecular formula is C19H33NO2. The number of carbonyl (C=O) groups is 2. The number of Topliss-reactive ketones (excluding diaryl/α,β-unsaturated/α-hetero) is 1. The van der Waals surface area contributed by atoms with Crippen molar-refractivity contribution in [1.82, 2.24) is 4.90 Å². The highest BCUT2D eigenvalue weighted by Gasteiger charge is 2.34. The Labute approximate surface area is 135 Å². The fourth-order valence-electron chi connectivity index (χ4n) is 4.06. The van der Waals surface area contributed by atoms with Crippen LogP contribution in [0, 0.1) is 5.92 Å². The molecule has 0 radical (unpaired) electrons. The zero-order valence-corrected chi connectivity index (χ0v) is 14.3. The third-order valence-corrected chi connectivity index (χ3v) is 5.47. The molecular weight excluding hydrogens is 274 g/mol. The third-order valence-electron chi connectivity index (χ3n) is 5.47. The van der Waals surface area contributed by atoms with Crippen LogP contribution in [0.3, 0.4) is 0 Å². The van der Waals surface area contributed by atoms with Crippen LogP contribution >= 0.6 is 0 Å². The van der Waals surface area contributed by atoms with E-state index in [-0.39, 0.29) is 17.6 Å². The monoisotopic (exact) mass is 307 g/mol. The van der Waals surface area contributed by atoms with Gasteiger partial charge in [-0.05, 0) is 38.5 Å². The molecule has 1 aliphatic heterocycles. The molecule has 2 rings (SSSR count). The van der Waals surface area contributed by atoms with Crippen LogP contribution in [0.15, 0.2) is 0 Å². The molecule has 1 heterocycles. The van der Waals surface area contributed by atoms with Crippen LogP contribution in [0.4, 0.5) is 0 Å². The summed E-state index contributed by atoms with van der Waals surface area (Å²) < 4.78 is 0. The Morgan fingerprint density at radius 3 is 2.36 bits per heavy atom. The number of amides is 1. The standard InChI is InChI=1S/C19H33NO2/c1-2-3-4-8-13-17-14-9-10-15-20(17)19(22)18(21)16-11-6-5-7-12-16/h16-17H,2-15H2,1H3. The summed E-state index contributed by atoms with van der Waals surface area (Å²) in [6.07, 6.45) is 14.7. The van der Waals surface area contributed by atoms with Crippen molar-refractivity contribution in [2.75, 3.05) is 6.54 Å². The summed E-state index contributed by atoms with van der Waals surface area (Å²) >= 11 is 0. The Morgan fingerprint density at radius 2 is 1.64 bits per heavy atom. The molecule has 0 bridgehead atoms. The van der Waals surface area contributed by atoms with Crippen LogP contribution < -0.4 is 0 Å². The van der Waals surface area contributed by atoms with Crippen molar-refractivity contribution in [3.05, 3.63) is 0 Å². The van der Waals surface area contributed by atoms with Crippen LogP contribution in [-0.2, 0) is 9.59 Å². The second-order valence-electron chi connectivity index (χ2n) is 7.20. The maximum absolute atomic E-state index is 12.7. The average molecular weight is 307 g/mol. The summed E-state index contributed by atoms with van der Waals surface area (Å²) in [5.41, 5.74) is 0. The van der Waals surface area contributed by atoms with Crippen LogP contribution in [0.1, 0.15) is 90.4 Å². The van der Waals surface area contributed by atoms with E-state index < -0.39 is 0 Å². The fraction of sp³-hybridized carbons (Fsp3) is 0.895. The van der Waals surface area contributed by atoms with Gasteiger partial charge in [0.05, 0.1) is 0 Å². The minimum Gasteiger partial charge on any atom is -0.333 e. The van der Waals surface area contributed by atoms with Gasteiger partial charge in [0.2, 0.25) is 5.78 Å². The number of hydrogen-bond donors (Lipinski definition) is 0. The highest BCUT2D eigenvalue weighted by molar-refractivity contribution is 6.36. The maximum Gasteiger partial charge on any atom is 0.290 e. The van der Waals surface area contributed by atoms with E-state index in [4.69, 9.17) is 0 Å². The topological polar surface area (TPSA) is 37.4 Å². The molecule has 2 aliphatic rings. The Kier molecular flexibility index (Phi) is 7.41. The lowest BCUT2D eigenvalue weighted by molar-refractivity contribution is -0.149. The van der Waals surface area contributed by atoms with Crippen LogP contribution in [0.5, 0.6) is 0 Å². The molecule has 0 aromatic rings. The Balaban J connectivity index is 1.88. The molecule has 3 heteroatoms. The predicted octanol–water partition coefficient (Wildman–Crippen LogP) is 4.49. The molecule has 126 valence electrons. The van der Waals surface area contributed by atoms with E-state index in [9.17, 15) is 9.59 Å². The second kappa shape index (κ2) is 9.32. The lowest BCUT2D eigenvalue weighted by Crippen LogP contribution is -2.48. The van der Waals surface area contributed by atoms with Gasteiger partial charge in [-0.2, -0.15) is 0 Å². The zero-order chi connectivity index (χ0) is 15.8. The molecule has 1 saturated heterocycles. The summed E-state index contributed by atoms with van der Waals surface area (Å²) in [6.45, 7) is 3.02. The van der Waals surface area contributed by atoms with E-state index in [1.54, 1.807) is 0 Å². The second-order valence-corrected chi connectivity index (χ2v) is 7.20. The molecule has 1 unspecified atom stereocenters. The van der Waals surface area contributed by atoms with E-state index in [0.29, 0.717) is 6.04 Å². The van der Waals surface area contributed by atoms with Gasteiger partial charge in [0, 0.05) is 18.5 Å². The highest BCUT2D eigenvalue weighted by atomic mass is 16.2. The third kappa shape index (κ3) is 4.82. The first kappa shape index (κ1) is 17.5. The Bertz CT molecular complexity index is 360. The normalized spacial score (nSPS) is 23.5. The Morgan fingerprint density at radius 1 is 0.909 bits per heavy atom. The number of rotatable bonds is 7. The van der Waals surface area contributed by atoms with Gasteiger partial charge in [-0.15, -0.1) is 0 Å². The number of piperidine rings is 1. The first-order valence-electron chi connectivity index (χ1n) is 9.59. The fourth-order valence-corrected chi connectivity index (χ4v) is 4.06. The van der Waals surface area contributed by atoms with Gasteiger partial charge >= 0.3 is 0 Å². The smallest absolute Gasteiger partial charge is 0.290 e. The maximum atomic E-state index is 12.7. The van der Waals surface area contributed by atoms with Crippen LogP contribution in [0.25, 0.3) is 0 Å². The predicted molar refractivity (Wildman–Crippen MR) is 89.7 cm³/mol. The van der Waals surface area contributed by atoms with Gasteiger partial charge < -0.3 is 4.90 Å². The minimum atomic E-state index is -0.160. The highest BCUT2D eigenvalue weighted by Crippen LogP contribution is 2.27. The van der Waals surface area contributed by atoms with E-state index in [1.807, 2.05) is 4.90 Å². The van der Waals surface area contributed by atoms with Crippen molar-refractivity contribution in [1.29, 1.82) is 0 Å². The van der Waals surface area contributed by atoms with E-state index in [1.165, 1.54) is 38.5 Å². The SMILES string of the molecule is CCCCCCC1CCCCN1C(=O)C(=O)C1CCCCC1. The molecule has 1 saturated carbocycles. The van der Waals surface area contributed by atoms with Gasteiger partial charge in [-0.3, -0.25) is 9.59 Å². The largest absolute Gasteiger partial charge is 0.333 e. The molecule has 0 spiro atoms. The van der Waals surface area contributed by atoms with Crippen molar-refractivity contribution in [3.63, 3.8) is 0 Å². The van der Waals surface area contributed by atoms with Gasteiger partial charge in [-0.25, -0.2) is 0 Å². The van der Waals surface area contributed by atoms with Gasteiger partial charge in [0.1, 0.15) is 0 Å². The first-order valence-corrected chi connectivity index (χ1v) is 9.59. The number of carbonyl (C=O) groups excluding carboxylic acids is 2. The molecule has 2 fully saturated rings. The molecule has 1 aliphatic carbocycles. The van der Waals surface area contributed by atoms with Crippen molar-refractivity contribution in [3.8, 4) is 0 Å². The quantitative estimate of drug-likeness (QED) is 0.513. The van der Waals surface area contributed by atoms with E-state index in [2.05, 4.69) is 6.92 Å². The molecule has 3 nitrogen and oxygen atoms in total. The molecule has 0 N–H and O–H groups in total. The zero-order valence-electron chi connectivity index (χ0n) is 14.3. The molecule has 0 aromatic heterocycles. The van der Waals surface area contributed by atoms with Gasteiger partial charge in [0.15, 0.2) is 0 Å². The van der Waals surface area contributed by atoms with Crippen molar-refractivity contribution in [2.24, 2.45) is 5.92 Å². The van der Waals surface area contributed by atoms with Crippen molar-refractivity contribution >= 4 is 11.7 Å². The van der Waals surface area contributed by atoms with Crippen molar-refractivity contribution in [2.45, 2.75) is 96.4 Å². The molecule has 1 atom stereocenters. The molecule has 0 aromatic carbocycles. The number of likely N-dealkylation sites (tertiary alicyclic amines) is 1. The van der Waals surface area contributed by atoms with Gasteiger partial charge in [-0.1, -0.05) is 51.9 Å². The molecule has 22 heavy (non-hydrogen) atoms. The van der Waals surface area contributed by atoms with Crippen molar-refractivity contribution < 1.29 is 9.59 Å². The lowest BCUT2D eigenvalue weighted by Gasteiger charge is -2.36.